The summed E-state index contributed by atoms with van der Waals surface area (Å²) in [4.78, 5) is 11.0. The van der Waals surface area contributed by atoms with Crippen LogP contribution in [0.4, 0.5) is 17.6 Å². The predicted octanol–water partition coefficient (Wildman–Crippen LogP) is 3.44. The fourth-order valence-electron chi connectivity index (χ4n) is 2.34. The molecule has 0 aliphatic heterocycles. The zero-order chi connectivity index (χ0) is 18.8. The van der Waals surface area contributed by atoms with Gasteiger partial charge < -0.3 is 14.9 Å². The fourth-order valence-corrected chi connectivity index (χ4v) is 2.34. The summed E-state index contributed by atoms with van der Waals surface area (Å²) in [6.45, 7) is 5.99. The third kappa shape index (κ3) is 4.05. The molecule has 0 bridgehead atoms. The maximum absolute atomic E-state index is 13.5. The topological polar surface area (TPSA) is 66.8 Å². The van der Waals surface area contributed by atoms with E-state index in [1.165, 1.54) is 26.0 Å². The number of aliphatic hydroxyl groups is 1. The van der Waals surface area contributed by atoms with Crippen molar-refractivity contribution >= 4 is 5.97 Å². The van der Waals surface area contributed by atoms with E-state index in [2.05, 4.69) is 6.58 Å². The summed E-state index contributed by atoms with van der Waals surface area (Å²) >= 11 is 0. The summed E-state index contributed by atoms with van der Waals surface area (Å²) in [5.41, 5.74) is -5.52. The lowest BCUT2D eigenvalue weighted by molar-refractivity contribution is -0.265. The van der Waals surface area contributed by atoms with Gasteiger partial charge in [-0.2, -0.15) is 13.2 Å². The molecule has 134 valence electrons. The number of ether oxygens (including phenoxy) is 1. The van der Waals surface area contributed by atoms with Crippen LogP contribution in [0.2, 0.25) is 0 Å². The molecule has 2 N–H and O–H groups in total. The second kappa shape index (κ2) is 6.80. The monoisotopic (exact) mass is 350 g/mol. The van der Waals surface area contributed by atoms with Gasteiger partial charge in [0, 0.05) is 12.0 Å². The van der Waals surface area contributed by atoms with Crippen molar-refractivity contribution in [3.63, 3.8) is 0 Å². The minimum absolute atomic E-state index is 0.00766. The van der Waals surface area contributed by atoms with E-state index in [0.717, 1.165) is 12.1 Å². The van der Waals surface area contributed by atoms with Crippen LogP contribution in [0.1, 0.15) is 25.8 Å². The maximum Gasteiger partial charge on any atom is 0.428 e. The highest BCUT2D eigenvalue weighted by atomic mass is 19.4. The number of carboxylic acids is 1. The Morgan fingerprint density at radius 2 is 1.92 bits per heavy atom. The molecule has 8 heteroatoms. The number of benzene rings is 1. The number of rotatable bonds is 7. The largest absolute Gasteiger partial charge is 0.489 e. The number of hydrogen-bond acceptors (Lipinski definition) is 3. The molecule has 0 amide bonds. The van der Waals surface area contributed by atoms with Gasteiger partial charge in [-0.05, 0) is 23.6 Å². The zero-order valence-corrected chi connectivity index (χ0v) is 13.2. The predicted molar refractivity (Wildman–Crippen MR) is 78.4 cm³/mol. The average Bonchev–Trinajstić information content (AvgIpc) is 2.44. The smallest absolute Gasteiger partial charge is 0.428 e. The number of aliphatic carboxylic acids is 1. The van der Waals surface area contributed by atoms with Gasteiger partial charge in [-0.25, -0.2) is 9.18 Å². The number of hydrogen-bond donors (Lipinski definition) is 2. The lowest BCUT2D eigenvalue weighted by atomic mass is 9.74. The molecule has 0 aromatic heterocycles. The molecule has 1 atom stereocenters. The average molecular weight is 350 g/mol. The van der Waals surface area contributed by atoms with Gasteiger partial charge in [0.05, 0.1) is 0 Å². The molecule has 0 spiro atoms. The normalized spacial score (nSPS) is 14.8. The molecule has 1 aromatic carbocycles. The van der Waals surface area contributed by atoms with Gasteiger partial charge in [-0.1, -0.05) is 26.5 Å². The molecule has 0 radical (unpaired) electrons. The molecule has 1 aromatic rings. The number of halogens is 4. The quantitative estimate of drug-likeness (QED) is 0.584. The van der Waals surface area contributed by atoms with Crippen molar-refractivity contribution in [1.82, 2.24) is 0 Å². The van der Waals surface area contributed by atoms with E-state index >= 15 is 0 Å². The van der Waals surface area contributed by atoms with Crippen molar-refractivity contribution in [1.29, 1.82) is 0 Å². The van der Waals surface area contributed by atoms with Crippen LogP contribution in [-0.2, 0) is 10.2 Å². The summed E-state index contributed by atoms with van der Waals surface area (Å²) in [6.07, 6.45) is -5.22. The van der Waals surface area contributed by atoms with Gasteiger partial charge in [0.15, 0.2) is 0 Å². The van der Waals surface area contributed by atoms with Crippen LogP contribution in [0.25, 0.3) is 0 Å². The fraction of sp³-hybridized carbons (Fsp3) is 0.438. The van der Waals surface area contributed by atoms with Crippen molar-refractivity contribution in [2.75, 3.05) is 6.61 Å². The first-order valence-corrected chi connectivity index (χ1v) is 6.91. The summed E-state index contributed by atoms with van der Waals surface area (Å²) in [7, 11) is 0. The van der Waals surface area contributed by atoms with Crippen LogP contribution in [0.3, 0.4) is 0 Å². The summed E-state index contributed by atoms with van der Waals surface area (Å²) < 4.78 is 57.9. The number of carboxylic acid groups (broad SMARTS) is 1. The Morgan fingerprint density at radius 3 is 2.38 bits per heavy atom. The Kier molecular flexibility index (Phi) is 5.66. The van der Waals surface area contributed by atoms with Gasteiger partial charge in [0.1, 0.15) is 18.2 Å². The van der Waals surface area contributed by atoms with Crippen LogP contribution >= 0.6 is 0 Å². The van der Waals surface area contributed by atoms with Crippen molar-refractivity contribution in [2.45, 2.75) is 37.5 Å². The van der Waals surface area contributed by atoms with Crippen LogP contribution in [0.15, 0.2) is 30.9 Å². The van der Waals surface area contributed by atoms with E-state index in [0.29, 0.717) is 0 Å². The molecule has 0 heterocycles. The van der Waals surface area contributed by atoms with E-state index < -0.39 is 35.4 Å². The molecule has 1 unspecified atom stereocenters. The Labute approximate surface area is 136 Å². The summed E-state index contributed by atoms with van der Waals surface area (Å²) in [5.74, 6) is -3.07. The van der Waals surface area contributed by atoms with Crippen molar-refractivity contribution in [3.8, 4) is 5.75 Å². The number of alkyl halides is 3. The Morgan fingerprint density at radius 1 is 1.33 bits per heavy atom. The first kappa shape index (κ1) is 20.0. The molecule has 0 aliphatic carbocycles. The van der Waals surface area contributed by atoms with E-state index in [1.807, 2.05) is 0 Å². The zero-order valence-electron chi connectivity index (χ0n) is 13.2. The molecular weight excluding hydrogens is 332 g/mol. The van der Waals surface area contributed by atoms with Gasteiger partial charge in [-0.3, -0.25) is 0 Å². The summed E-state index contributed by atoms with van der Waals surface area (Å²) in [6, 6.07) is 3.24. The molecule has 0 saturated carbocycles. The van der Waals surface area contributed by atoms with Crippen LogP contribution < -0.4 is 4.74 Å². The molecule has 0 saturated heterocycles. The summed E-state index contributed by atoms with van der Waals surface area (Å²) in [5, 5.41) is 18.5. The SMILES string of the molecule is C=CCOc1ccc(F)cc1C(C)(C)CC(O)(C(=O)O)C(F)(F)F. The highest BCUT2D eigenvalue weighted by Crippen LogP contribution is 2.43. The second-order valence-corrected chi connectivity index (χ2v) is 5.96. The van der Waals surface area contributed by atoms with Gasteiger partial charge >= 0.3 is 12.1 Å². The first-order valence-electron chi connectivity index (χ1n) is 6.91. The lowest BCUT2D eigenvalue weighted by Crippen LogP contribution is -2.55. The molecule has 4 nitrogen and oxygen atoms in total. The lowest BCUT2D eigenvalue weighted by Gasteiger charge is -2.35. The molecular formula is C16H18F4O4. The Balaban J connectivity index is 3.35. The second-order valence-electron chi connectivity index (χ2n) is 5.96. The third-order valence-electron chi connectivity index (χ3n) is 3.55. The molecule has 1 rings (SSSR count). The van der Waals surface area contributed by atoms with Crippen LogP contribution in [-0.4, -0.2) is 34.6 Å². The third-order valence-corrected chi connectivity index (χ3v) is 3.55. The van der Waals surface area contributed by atoms with Crippen molar-refractivity contribution < 1.29 is 37.3 Å². The van der Waals surface area contributed by atoms with Crippen LogP contribution in [0, 0.1) is 5.82 Å². The standard InChI is InChI=1S/C16H18F4O4/c1-4-7-24-12-6-5-10(17)8-11(12)14(2,3)9-15(23,13(21)22)16(18,19)20/h4-6,8,23H,1,7,9H2,2-3H3,(H,21,22). The van der Waals surface area contributed by atoms with Gasteiger partial charge in [0.2, 0.25) is 0 Å². The van der Waals surface area contributed by atoms with E-state index in [4.69, 9.17) is 9.84 Å². The molecule has 24 heavy (non-hydrogen) atoms. The van der Waals surface area contributed by atoms with Crippen molar-refractivity contribution in [2.24, 2.45) is 0 Å². The van der Waals surface area contributed by atoms with E-state index in [-0.39, 0.29) is 17.9 Å². The molecule has 0 aliphatic rings. The number of carbonyl (C=O) groups is 1. The first-order chi connectivity index (χ1) is 10.8. The van der Waals surface area contributed by atoms with Gasteiger partial charge in [-0.15, -0.1) is 0 Å². The van der Waals surface area contributed by atoms with Crippen molar-refractivity contribution in [3.05, 3.63) is 42.2 Å². The maximum atomic E-state index is 13.5. The highest BCUT2D eigenvalue weighted by Gasteiger charge is 2.62. The van der Waals surface area contributed by atoms with Gasteiger partial charge in [0.25, 0.3) is 5.60 Å². The minimum Gasteiger partial charge on any atom is -0.489 e. The highest BCUT2D eigenvalue weighted by molar-refractivity contribution is 5.78. The van der Waals surface area contributed by atoms with E-state index in [1.54, 1.807) is 0 Å². The van der Waals surface area contributed by atoms with Crippen LogP contribution in [0.5, 0.6) is 5.75 Å². The van der Waals surface area contributed by atoms with E-state index in [9.17, 15) is 27.5 Å². The minimum atomic E-state index is -5.40. The Hall–Kier alpha value is -2.09. The Bertz CT molecular complexity index is 625. The molecule has 0 fully saturated rings.